The number of aromatic nitrogens is 2. The van der Waals surface area contributed by atoms with E-state index >= 15 is 0 Å². The Kier molecular flexibility index (Phi) is 4.09. The van der Waals surface area contributed by atoms with Gasteiger partial charge in [-0.05, 0) is 11.4 Å². The standard InChI is InChI=1S/C15H14N4OS/c16-19-13-9-14(20-10-12-7-4-8-21-12)18-15(17-13)11-5-2-1-3-6-11/h1-9H,10,16H2,(H,17,18,19). The van der Waals surface area contributed by atoms with Crippen LogP contribution in [0.3, 0.4) is 0 Å². The van der Waals surface area contributed by atoms with Crippen LogP contribution in [0.25, 0.3) is 11.4 Å². The van der Waals surface area contributed by atoms with E-state index in [0.717, 1.165) is 10.4 Å². The highest BCUT2D eigenvalue weighted by Gasteiger charge is 2.07. The molecule has 0 saturated heterocycles. The van der Waals surface area contributed by atoms with E-state index < -0.39 is 0 Å². The fraction of sp³-hybridized carbons (Fsp3) is 0.0667. The van der Waals surface area contributed by atoms with E-state index in [1.807, 2.05) is 47.8 Å². The fourth-order valence-corrected chi connectivity index (χ4v) is 2.44. The van der Waals surface area contributed by atoms with Crippen LogP contribution in [0.2, 0.25) is 0 Å². The van der Waals surface area contributed by atoms with Gasteiger partial charge in [0, 0.05) is 16.5 Å². The molecular weight excluding hydrogens is 284 g/mol. The number of thiophene rings is 1. The summed E-state index contributed by atoms with van der Waals surface area (Å²) in [6.07, 6.45) is 0. The minimum absolute atomic E-state index is 0.479. The number of nitrogens with two attached hydrogens (primary N) is 1. The number of hydrogen-bond donors (Lipinski definition) is 2. The van der Waals surface area contributed by atoms with E-state index in [1.54, 1.807) is 17.4 Å². The van der Waals surface area contributed by atoms with Crippen LogP contribution in [0.5, 0.6) is 5.88 Å². The first-order valence-corrected chi connectivity index (χ1v) is 7.29. The molecule has 0 saturated carbocycles. The van der Waals surface area contributed by atoms with E-state index in [1.165, 1.54) is 0 Å². The topological polar surface area (TPSA) is 73.1 Å². The van der Waals surface area contributed by atoms with Crippen LogP contribution in [-0.2, 0) is 6.61 Å². The molecule has 3 aromatic rings. The van der Waals surface area contributed by atoms with E-state index in [4.69, 9.17) is 10.6 Å². The summed E-state index contributed by atoms with van der Waals surface area (Å²) in [4.78, 5) is 9.91. The highest BCUT2D eigenvalue weighted by Crippen LogP contribution is 2.22. The second kappa shape index (κ2) is 6.34. The third kappa shape index (κ3) is 3.36. The zero-order chi connectivity index (χ0) is 14.5. The molecule has 0 radical (unpaired) electrons. The van der Waals surface area contributed by atoms with Crippen LogP contribution in [0.15, 0.2) is 53.9 Å². The average molecular weight is 298 g/mol. The van der Waals surface area contributed by atoms with Crippen LogP contribution in [-0.4, -0.2) is 9.97 Å². The molecule has 0 aliphatic carbocycles. The van der Waals surface area contributed by atoms with Gasteiger partial charge < -0.3 is 10.2 Å². The first-order valence-electron chi connectivity index (χ1n) is 6.41. The number of hydrogen-bond acceptors (Lipinski definition) is 6. The minimum Gasteiger partial charge on any atom is -0.472 e. The Bertz CT molecular complexity index is 701. The summed E-state index contributed by atoms with van der Waals surface area (Å²) in [5.41, 5.74) is 3.45. The largest absolute Gasteiger partial charge is 0.472 e. The van der Waals surface area contributed by atoms with Crippen LogP contribution in [0.1, 0.15) is 4.88 Å². The van der Waals surface area contributed by atoms with E-state index in [9.17, 15) is 0 Å². The van der Waals surface area contributed by atoms with Crippen molar-refractivity contribution in [2.24, 2.45) is 5.84 Å². The van der Waals surface area contributed by atoms with Crippen molar-refractivity contribution in [2.45, 2.75) is 6.61 Å². The molecule has 106 valence electrons. The third-order valence-corrected chi connectivity index (χ3v) is 3.67. The lowest BCUT2D eigenvalue weighted by Gasteiger charge is -2.08. The Balaban J connectivity index is 1.86. The van der Waals surface area contributed by atoms with Gasteiger partial charge in [0.25, 0.3) is 0 Å². The summed E-state index contributed by atoms with van der Waals surface area (Å²) in [5.74, 6) is 7.05. The Labute approximate surface area is 126 Å². The maximum absolute atomic E-state index is 5.72. The molecule has 6 heteroatoms. The normalized spacial score (nSPS) is 10.3. The fourth-order valence-electron chi connectivity index (χ4n) is 1.83. The SMILES string of the molecule is NNc1cc(OCc2cccs2)nc(-c2ccccc2)n1. The van der Waals surface area contributed by atoms with Crippen molar-refractivity contribution in [1.82, 2.24) is 9.97 Å². The molecule has 2 aromatic heterocycles. The number of rotatable bonds is 5. The van der Waals surface area contributed by atoms with Gasteiger partial charge in [0.15, 0.2) is 5.82 Å². The van der Waals surface area contributed by atoms with Gasteiger partial charge in [-0.3, -0.25) is 0 Å². The quantitative estimate of drug-likeness (QED) is 0.559. The molecule has 0 unspecified atom stereocenters. The number of nitrogen functional groups attached to an aromatic ring is 1. The molecule has 2 heterocycles. The molecule has 21 heavy (non-hydrogen) atoms. The molecule has 1 aromatic carbocycles. The van der Waals surface area contributed by atoms with E-state index in [0.29, 0.717) is 24.1 Å². The third-order valence-electron chi connectivity index (χ3n) is 2.82. The summed E-state index contributed by atoms with van der Waals surface area (Å²) in [5, 5.41) is 2.01. The maximum atomic E-state index is 5.72. The Hall–Kier alpha value is -2.44. The second-order valence-electron chi connectivity index (χ2n) is 4.29. The summed E-state index contributed by atoms with van der Waals surface area (Å²) < 4.78 is 5.72. The van der Waals surface area contributed by atoms with E-state index in [2.05, 4.69) is 15.4 Å². The van der Waals surface area contributed by atoms with Crippen molar-refractivity contribution in [3.05, 3.63) is 58.8 Å². The van der Waals surface area contributed by atoms with Gasteiger partial charge in [0.05, 0.1) is 0 Å². The average Bonchev–Trinajstić information content (AvgIpc) is 3.07. The van der Waals surface area contributed by atoms with Crippen molar-refractivity contribution in [3.63, 3.8) is 0 Å². The lowest BCUT2D eigenvalue weighted by Crippen LogP contribution is -2.10. The van der Waals surface area contributed by atoms with Crippen LogP contribution < -0.4 is 16.0 Å². The summed E-state index contributed by atoms with van der Waals surface area (Å²) in [6, 6.07) is 15.4. The molecule has 0 fully saturated rings. The molecule has 0 bridgehead atoms. The Morgan fingerprint density at radius 1 is 1.10 bits per heavy atom. The van der Waals surface area contributed by atoms with Gasteiger partial charge in [-0.15, -0.1) is 11.3 Å². The van der Waals surface area contributed by atoms with Gasteiger partial charge in [-0.1, -0.05) is 36.4 Å². The first kappa shape index (κ1) is 13.5. The smallest absolute Gasteiger partial charge is 0.219 e. The molecule has 3 rings (SSSR count). The summed E-state index contributed by atoms with van der Waals surface area (Å²) in [6.45, 7) is 0.479. The van der Waals surface area contributed by atoms with Gasteiger partial charge >= 0.3 is 0 Å². The predicted molar refractivity (Wildman–Crippen MR) is 83.9 cm³/mol. The van der Waals surface area contributed by atoms with Crippen molar-refractivity contribution in [1.29, 1.82) is 0 Å². The number of nitrogens with zero attached hydrogens (tertiary/aromatic N) is 2. The minimum atomic E-state index is 0.479. The Morgan fingerprint density at radius 3 is 2.67 bits per heavy atom. The van der Waals surface area contributed by atoms with Crippen LogP contribution in [0, 0.1) is 0 Å². The van der Waals surface area contributed by atoms with Crippen molar-refractivity contribution < 1.29 is 4.74 Å². The molecule has 0 amide bonds. The Morgan fingerprint density at radius 2 is 1.95 bits per heavy atom. The molecular formula is C15H14N4OS. The maximum Gasteiger partial charge on any atom is 0.219 e. The lowest BCUT2D eigenvalue weighted by molar-refractivity contribution is 0.297. The van der Waals surface area contributed by atoms with Crippen molar-refractivity contribution in [3.8, 4) is 17.3 Å². The van der Waals surface area contributed by atoms with Gasteiger partial charge in [-0.25, -0.2) is 10.8 Å². The monoisotopic (exact) mass is 298 g/mol. The molecule has 0 atom stereocenters. The summed E-state index contributed by atoms with van der Waals surface area (Å²) >= 11 is 1.64. The molecule has 0 aliphatic rings. The predicted octanol–water partition coefficient (Wildman–Crippen LogP) is 3.07. The molecule has 3 N–H and O–H groups in total. The van der Waals surface area contributed by atoms with Crippen molar-refractivity contribution in [2.75, 3.05) is 5.43 Å². The van der Waals surface area contributed by atoms with E-state index in [-0.39, 0.29) is 0 Å². The molecule has 0 spiro atoms. The van der Waals surface area contributed by atoms with Gasteiger partial charge in [0.1, 0.15) is 12.4 Å². The number of nitrogens with one attached hydrogen (secondary N) is 1. The highest BCUT2D eigenvalue weighted by molar-refractivity contribution is 7.09. The number of benzene rings is 1. The zero-order valence-electron chi connectivity index (χ0n) is 11.2. The number of ether oxygens (including phenoxy) is 1. The van der Waals surface area contributed by atoms with Crippen LogP contribution >= 0.6 is 11.3 Å². The summed E-state index contributed by atoms with van der Waals surface area (Å²) in [7, 11) is 0. The van der Waals surface area contributed by atoms with Crippen LogP contribution in [0.4, 0.5) is 5.82 Å². The van der Waals surface area contributed by atoms with Crippen molar-refractivity contribution >= 4 is 17.2 Å². The molecule has 5 nitrogen and oxygen atoms in total. The second-order valence-corrected chi connectivity index (χ2v) is 5.33. The molecule has 0 aliphatic heterocycles. The highest BCUT2D eigenvalue weighted by atomic mass is 32.1. The van der Waals surface area contributed by atoms with Gasteiger partial charge in [-0.2, -0.15) is 4.98 Å². The number of anilines is 1. The first-order chi connectivity index (χ1) is 10.3. The zero-order valence-corrected chi connectivity index (χ0v) is 12.0. The van der Waals surface area contributed by atoms with Gasteiger partial charge in [0.2, 0.25) is 5.88 Å². The lowest BCUT2D eigenvalue weighted by atomic mass is 10.2. The number of hydrazine groups is 1.